The van der Waals surface area contributed by atoms with Gasteiger partial charge in [0.05, 0.1) is 12.5 Å². The van der Waals surface area contributed by atoms with Gasteiger partial charge in [-0.05, 0) is 80.4 Å². The van der Waals surface area contributed by atoms with E-state index in [0.717, 1.165) is 70.6 Å². The fourth-order valence-electron chi connectivity index (χ4n) is 4.77. The Kier molecular flexibility index (Phi) is 7.71. The molecular weight excluding hydrogens is 386 g/mol. The normalized spacial score (nSPS) is 20.1. The summed E-state index contributed by atoms with van der Waals surface area (Å²) in [6.45, 7) is 7.83. The van der Waals surface area contributed by atoms with Crippen molar-refractivity contribution in [3.63, 3.8) is 0 Å². The standard InChI is InChI=1S/C26H35N3O2/c1-21-5-2-3-6-24(21)19-28-14-10-23(11-15-28)18-29(20-25-7-4-16-31-25)26(30)17-22-8-12-27-13-9-22/h2-3,5-6,8-9,12-13,23,25H,4,7,10-11,14-20H2,1H3/t25-/m1/s1. The van der Waals surface area contributed by atoms with Crippen LogP contribution in [0.3, 0.4) is 0 Å². The van der Waals surface area contributed by atoms with E-state index in [2.05, 4.69) is 46.0 Å². The van der Waals surface area contributed by atoms with Gasteiger partial charge in [-0.25, -0.2) is 0 Å². The van der Waals surface area contributed by atoms with E-state index in [1.165, 1.54) is 11.1 Å². The number of benzene rings is 1. The Labute approximate surface area is 186 Å². The van der Waals surface area contributed by atoms with Crippen molar-refractivity contribution >= 4 is 5.91 Å². The number of rotatable bonds is 8. The second kappa shape index (κ2) is 10.9. The Bertz CT molecular complexity index is 828. The third kappa shape index (κ3) is 6.37. The first-order valence-electron chi connectivity index (χ1n) is 11.7. The zero-order chi connectivity index (χ0) is 21.5. The van der Waals surface area contributed by atoms with Crippen molar-refractivity contribution in [2.24, 2.45) is 5.92 Å². The van der Waals surface area contributed by atoms with E-state index in [9.17, 15) is 4.79 Å². The molecule has 4 rings (SSSR count). The lowest BCUT2D eigenvalue weighted by Crippen LogP contribution is -2.44. The quantitative estimate of drug-likeness (QED) is 0.649. The van der Waals surface area contributed by atoms with E-state index in [4.69, 9.17) is 4.74 Å². The van der Waals surface area contributed by atoms with Crippen molar-refractivity contribution in [3.8, 4) is 0 Å². The number of aryl methyl sites for hydroxylation is 1. The molecule has 1 aromatic heterocycles. The molecule has 2 aliphatic heterocycles. The lowest BCUT2D eigenvalue weighted by molar-refractivity contribution is -0.133. The van der Waals surface area contributed by atoms with E-state index < -0.39 is 0 Å². The van der Waals surface area contributed by atoms with Crippen LogP contribution >= 0.6 is 0 Å². The van der Waals surface area contributed by atoms with Crippen molar-refractivity contribution in [2.45, 2.75) is 51.7 Å². The summed E-state index contributed by atoms with van der Waals surface area (Å²) in [6.07, 6.45) is 8.63. The van der Waals surface area contributed by atoms with Gasteiger partial charge in [0, 0.05) is 38.6 Å². The minimum Gasteiger partial charge on any atom is -0.376 e. The fourth-order valence-corrected chi connectivity index (χ4v) is 4.77. The number of aromatic nitrogens is 1. The molecule has 2 aromatic rings. The van der Waals surface area contributed by atoms with E-state index in [-0.39, 0.29) is 12.0 Å². The molecule has 0 unspecified atom stereocenters. The maximum absolute atomic E-state index is 13.2. The zero-order valence-corrected chi connectivity index (χ0v) is 18.7. The van der Waals surface area contributed by atoms with Gasteiger partial charge in [0.1, 0.15) is 0 Å². The van der Waals surface area contributed by atoms with Crippen LogP contribution in [-0.2, 0) is 22.5 Å². The molecule has 0 aliphatic carbocycles. The highest BCUT2D eigenvalue weighted by Gasteiger charge is 2.27. The molecule has 166 valence electrons. The number of amides is 1. The van der Waals surface area contributed by atoms with Crippen LogP contribution in [0, 0.1) is 12.8 Å². The van der Waals surface area contributed by atoms with Gasteiger partial charge in [0.2, 0.25) is 5.91 Å². The number of carbonyl (C=O) groups excluding carboxylic acids is 1. The number of hydrogen-bond acceptors (Lipinski definition) is 4. The second-order valence-electron chi connectivity index (χ2n) is 9.11. The molecule has 5 nitrogen and oxygen atoms in total. The van der Waals surface area contributed by atoms with Crippen molar-refractivity contribution in [3.05, 3.63) is 65.5 Å². The number of pyridine rings is 1. The first-order chi connectivity index (χ1) is 15.2. The molecule has 0 bridgehead atoms. The smallest absolute Gasteiger partial charge is 0.227 e. The molecule has 3 heterocycles. The summed E-state index contributed by atoms with van der Waals surface area (Å²) in [6, 6.07) is 12.5. The summed E-state index contributed by atoms with van der Waals surface area (Å²) in [5.74, 6) is 0.778. The van der Waals surface area contributed by atoms with Gasteiger partial charge < -0.3 is 9.64 Å². The summed E-state index contributed by atoms with van der Waals surface area (Å²) in [7, 11) is 0. The lowest BCUT2D eigenvalue weighted by Gasteiger charge is -2.36. The Balaban J connectivity index is 1.32. The molecule has 5 heteroatoms. The predicted molar refractivity (Wildman–Crippen MR) is 123 cm³/mol. The zero-order valence-electron chi connectivity index (χ0n) is 18.7. The second-order valence-corrected chi connectivity index (χ2v) is 9.11. The maximum atomic E-state index is 13.2. The highest BCUT2D eigenvalue weighted by molar-refractivity contribution is 5.78. The average Bonchev–Trinajstić information content (AvgIpc) is 3.30. The largest absolute Gasteiger partial charge is 0.376 e. The van der Waals surface area contributed by atoms with Gasteiger partial charge in [-0.1, -0.05) is 24.3 Å². The van der Waals surface area contributed by atoms with Crippen molar-refractivity contribution in [1.82, 2.24) is 14.8 Å². The number of ether oxygens (including phenoxy) is 1. The number of carbonyl (C=O) groups is 1. The van der Waals surface area contributed by atoms with Gasteiger partial charge >= 0.3 is 0 Å². The molecule has 0 spiro atoms. The minimum absolute atomic E-state index is 0.197. The summed E-state index contributed by atoms with van der Waals surface area (Å²) < 4.78 is 5.86. The Morgan fingerprint density at radius 3 is 2.58 bits per heavy atom. The van der Waals surface area contributed by atoms with Crippen LogP contribution in [0.1, 0.15) is 42.4 Å². The van der Waals surface area contributed by atoms with Crippen LogP contribution in [0.25, 0.3) is 0 Å². The van der Waals surface area contributed by atoms with Crippen molar-refractivity contribution in [1.29, 1.82) is 0 Å². The Morgan fingerprint density at radius 1 is 1.10 bits per heavy atom. The highest BCUT2D eigenvalue weighted by Crippen LogP contribution is 2.23. The number of nitrogens with zero attached hydrogens (tertiary/aromatic N) is 3. The molecule has 2 saturated heterocycles. The molecular formula is C26H35N3O2. The van der Waals surface area contributed by atoms with E-state index in [0.29, 0.717) is 12.3 Å². The Morgan fingerprint density at radius 2 is 1.87 bits per heavy atom. The summed E-state index contributed by atoms with van der Waals surface area (Å²) in [4.78, 5) is 21.9. The molecule has 0 saturated carbocycles. The van der Waals surface area contributed by atoms with E-state index in [1.54, 1.807) is 12.4 Å². The molecule has 1 atom stereocenters. The summed E-state index contributed by atoms with van der Waals surface area (Å²) in [5, 5.41) is 0. The molecule has 2 aliphatic rings. The van der Waals surface area contributed by atoms with Crippen molar-refractivity contribution in [2.75, 3.05) is 32.8 Å². The third-order valence-corrected chi connectivity index (χ3v) is 6.75. The molecule has 2 fully saturated rings. The molecule has 1 aromatic carbocycles. The van der Waals surface area contributed by atoms with Crippen LogP contribution < -0.4 is 0 Å². The van der Waals surface area contributed by atoms with Crippen molar-refractivity contribution < 1.29 is 9.53 Å². The minimum atomic E-state index is 0.197. The third-order valence-electron chi connectivity index (χ3n) is 6.75. The van der Waals surface area contributed by atoms with Gasteiger partial charge in [0.25, 0.3) is 0 Å². The number of likely N-dealkylation sites (tertiary alicyclic amines) is 1. The molecule has 31 heavy (non-hydrogen) atoms. The molecule has 0 radical (unpaired) electrons. The highest BCUT2D eigenvalue weighted by atomic mass is 16.5. The van der Waals surface area contributed by atoms with Gasteiger partial charge in [-0.15, -0.1) is 0 Å². The first kappa shape index (κ1) is 22.0. The van der Waals surface area contributed by atoms with Crippen LogP contribution in [0.4, 0.5) is 0 Å². The number of hydrogen-bond donors (Lipinski definition) is 0. The van der Waals surface area contributed by atoms with Gasteiger partial charge in [-0.2, -0.15) is 0 Å². The fraction of sp³-hybridized carbons (Fsp3) is 0.538. The van der Waals surface area contributed by atoms with Gasteiger partial charge in [0.15, 0.2) is 0 Å². The predicted octanol–water partition coefficient (Wildman–Crippen LogP) is 3.85. The summed E-state index contributed by atoms with van der Waals surface area (Å²) in [5.41, 5.74) is 3.83. The molecule has 1 amide bonds. The number of piperidine rings is 1. The first-order valence-corrected chi connectivity index (χ1v) is 11.7. The summed E-state index contributed by atoms with van der Waals surface area (Å²) >= 11 is 0. The average molecular weight is 422 g/mol. The SMILES string of the molecule is Cc1ccccc1CN1CCC(CN(C[C@H]2CCCO2)C(=O)Cc2ccncc2)CC1. The van der Waals surface area contributed by atoms with Crippen LogP contribution in [-0.4, -0.2) is 59.6 Å². The van der Waals surface area contributed by atoms with Gasteiger partial charge in [-0.3, -0.25) is 14.7 Å². The van der Waals surface area contributed by atoms with Crippen LogP contribution in [0.5, 0.6) is 0 Å². The van der Waals surface area contributed by atoms with Crippen LogP contribution in [0.15, 0.2) is 48.8 Å². The lowest BCUT2D eigenvalue weighted by atomic mass is 9.95. The monoisotopic (exact) mass is 421 g/mol. The molecule has 0 N–H and O–H groups in total. The Hall–Kier alpha value is -2.24. The van der Waals surface area contributed by atoms with Crippen LogP contribution in [0.2, 0.25) is 0 Å². The maximum Gasteiger partial charge on any atom is 0.227 e. The topological polar surface area (TPSA) is 45.7 Å². The van der Waals surface area contributed by atoms with E-state index in [1.807, 2.05) is 12.1 Å². The van der Waals surface area contributed by atoms with E-state index >= 15 is 0 Å².